The molecule has 3 unspecified atom stereocenters. The summed E-state index contributed by atoms with van der Waals surface area (Å²) in [6.45, 7) is 6.67. The Balaban J connectivity index is 5.35. The molecule has 0 saturated heterocycles. The molecule has 0 aromatic rings. The maximum atomic E-state index is 13.5. The number of unbranched alkanes of at least 4 members (excludes halogenated alkanes) is 25. The standard InChI is InChI=1S/C69H121N2O7P/c1-7-10-13-16-19-22-25-28-30-32-34-35-37-38-40-43-46-49-52-55-58-61-68(72)70-66(65-77-79(74,75)76-64-63-71(4,5)6)67(60-57-54-51-48-45-42-27-24-21-18-15-12-9-3)78-69(73)62-59-56-53-50-47-44-41-39-36-33-31-29-26-23-20-17-14-11-8-2/h10,13,19-20,22-23,28-31,34-35,38,40,46,49,57,60,66-67H,7-9,11-12,14-18,21,24-27,32-33,36-37,39,41-45,47-48,50-56,58-59,61-65H2,1-6H3,(H-,70,72,74,75)/b13-10-,22-19-,23-20-,30-28-,31-29-,35-34-,40-38-,49-46-,60-57+. The fourth-order valence-electron chi connectivity index (χ4n) is 8.73. The Morgan fingerprint density at radius 3 is 1.25 bits per heavy atom. The van der Waals surface area contributed by atoms with Crippen LogP contribution in [0.4, 0.5) is 0 Å². The molecule has 0 fully saturated rings. The Hall–Kier alpha value is -3.33. The minimum Gasteiger partial charge on any atom is -0.756 e. The van der Waals surface area contributed by atoms with Crippen LogP contribution in [0.2, 0.25) is 0 Å². The first-order chi connectivity index (χ1) is 38.4. The van der Waals surface area contributed by atoms with E-state index in [2.05, 4.69) is 123 Å². The fraction of sp³-hybridized carbons (Fsp3) is 0.710. The molecule has 0 spiro atoms. The Morgan fingerprint density at radius 2 is 0.810 bits per heavy atom. The highest BCUT2D eigenvalue weighted by molar-refractivity contribution is 7.45. The lowest BCUT2D eigenvalue weighted by Gasteiger charge is -2.30. The number of nitrogens with one attached hydrogen (secondary N) is 1. The summed E-state index contributed by atoms with van der Waals surface area (Å²) in [6.07, 6.45) is 79.1. The number of ether oxygens (including phenoxy) is 1. The van der Waals surface area contributed by atoms with Crippen LogP contribution in [0.1, 0.15) is 265 Å². The monoisotopic (exact) mass is 1120 g/mol. The number of phosphoric acid groups is 1. The van der Waals surface area contributed by atoms with Gasteiger partial charge in [0, 0.05) is 12.8 Å². The van der Waals surface area contributed by atoms with E-state index in [1.54, 1.807) is 0 Å². The van der Waals surface area contributed by atoms with Gasteiger partial charge in [0.2, 0.25) is 5.91 Å². The summed E-state index contributed by atoms with van der Waals surface area (Å²) in [6, 6.07) is -0.920. The lowest BCUT2D eigenvalue weighted by atomic mass is 10.0. The highest BCUT2D eigenvalue weighted by atomic mass is 31.2. The van der Waals surface area contributed by atoms with Crippen LogP contribution in [-0.4, -0.2) is 69.4 Å². The Morgan fingerprint density at radius 1 is 0.456 bits per heavy atom. The van der Waals surface area contributed by atoms with E-state index in [4.69, 9.17) is 13.8 Å². The zero-order chi connectivity index (χ0) is 57.9. The van der Waals surface area contributed by atoms with Gasteiger partial charge in [-0.15, -0.1) is 0 Å². The van der Waals surface area contributed by atoms with E-state index in [1.807, 2.05) is 33.3 Å². The van der Waals surface area contributed by atoms with Crippen molar-refractivity contribution < 1.29 is 37.3 Å². The number of likely N-dealkylation sites (N-methyl/N-ethyl adjacent to an activating group) is 1. The van der Waals surface area contributed by atoms with Crippen LogP contribution < -0.4 is 10.2 Å². The average molecular weight is 1120 g/mol. The third-order valence-electron chi connectivity index (χ3n) is 13.7. The van der Waals surface area contributed by atoms with Crippen LogP contribution in [0.15, 0.2) is 109 Å². The van der Waals surface area contributed by atoms with Gasteiger partial charge in [-0.25, -0.2) is 0 Å². The summed E-state index contributed by atoms with van der Waals surface area (Å²) in [4.78, 5) is 40.1. The lowest BCUT2D eigenvalue weighted by Crippen LogP contribution is -2.47. The molecule has 0 saturated carbocycles. The highest BCUT2D eigenvalue weighted by Crippen LogP contribution is 2.38. The Bertz CT molecular complexity index is 1720. The summed E-state index contributed by atoms with van der Waals surface area (Å²) < 4.78 is 30.3. The number of hydrogen-bond donors (Lipinski definition) is 1. The van der Waals surface area contributed by atoms with Crippen molar-refractivity contribution in [3.63, 3.8) is 0 Å². The van der Waals surface area contributed by atoms with Crippen LogP contribution in [0.25, 0.3) is 0 Å². The average Bonchev–Trinajstić information content (AvgIpc) is 3.41. The fourth-order valence-corrected chi connectivity index (χ4v) is 9.45. The second-order valence-corrected chi connectivity index (χ2v) is 23.9. The zero-order valence-electron chi connectivity index (χ0n) is 51.8. The minimum absolute atomic E-state index is 0.0368. The van der Waals surface area contributed by atoms with Gasteiger partial charge in [-0.2, -0.15) is 0 Å². The molecular formula is C69H121N2O7P. The smallest absolute Gasteiger partial charge is 0.306 e. The highest BCUT2D eigenvalue weighted by Gasteiger charge is 2.27. The molecule has 79 heavy (non-hydrogen) atoms. The molecule has 0 aromatic carbocycles. The van der Waals surface area contributed by atoms with Crippen molar-refractivity contribution in [3.05, 3.63) is 109 Å². The van der Waals surface area contributed by atoms with E-state index in [0.717, 1.165) is 103 Å². The maximum Gasteiger partial charge on any atom is 0.306 e. The SMILES string of the molecule is CC/C=C\C/C=C\C/C=C\C/C=C\C/C=C\C/C=C\CCCCC(=O)NC(COP(=O)([O-])OCC[N+](C)(C)C)C(/C=C/CCCCCCCCCCCCC)OC(=O)CCCCCCCCCCC/C=C\C/C=C\CCCCC. The molecule has 0 aliphatic rings. The van der Waals surface area contributed by atoms with Gasteiger partial charge in [0.25, 0.3) is 7.82 Å². The molecule has 3 atom stereocenters. The maximum absolute atomic E-state index is 13.5. The Labute approximate surface area is 487 Å². The van der Waals surface area contributed by atoms with Gasteiger partial charge in [-0.3, -0.25) is 14.2 Å². The molecule has 0 rings (SSSR count). The number of nitrogens with zero attached hydrogens (tertiary/aromatic N) is 1. The van der Waals surface area contributed by atoms with Crippen molar-refractivity contribution in [2.24, 2.45) is 0 Å². The number of carbonyl (C=O) groups excluding carboxylic acids is 2. The quantitative estimate of drug-likeness (QED) is 0.0212. The van der Waals surface area contributed by atoms with Crippen molar-refractivity contribution in [1.82, 2.24) is 5.32 Å². The summed E-state index contributed by atoms with van der Waals surface area (Å²) in [7, 11) is 1.14. The topological polar surface area (TPSA) is 114 Å². The molecule has 0 aliphatic heterocycles. The number of phosphoric ester groups is 1. The number of quaternary nitrogens is 1. The molecule has 0 radical (unpaired) electrons. The normalized spacial score (nSPS) is 14.4. The summed E-state index contributed by atoms with van der Waals surface area (Å²) in [5.74, 6) is -0.599. The van der Waals surface area contributed by atoms with Crippen molar-refractivity contribution in [1.29, 1.82) is 0 Å². The van der Waals surface area contributed by atoms with Crippen LogP contribution in [-0.2, 0) is 27.9 Å². The van der Waals surface area contributed by atoms with Gasteiger partial charge in [-0.05, 0) is 115 Å². The largest absolute Gasteiger partial charge is 0.756 e. The molecular weight excluding hydrogens is 1000 g/mol. The molecule has 10 heteroatoms. The summed E-state index contributed by atoms with van der Waals surface area (Å²) >= 11 is 0. The molecule has 0 heterocycles. The van der Waals surface area contributed by atoms with Gasteiger partial charge in [0.1, 0.15) is 19.3 Å². The van der Waals surface area contributed by atoms with Gasteiger partial charge < -0.3 is 28.5 Å². The predicted molar refractivity (Wildman–Crippen MR) is 339 cm³/mol. The molecule has 0 aromatic heterocycles. The van der Waals surface area contributed by atoms with E-state index in [0.29, 0.717) is 23.9 Å². The van der Waals surface area contributed by atoms with Gasteiger partial charge >= 0.3 is 5.97 Å². The number of carbonyl (C=O) groups is 2. The molecule has 9 nitrogen and oxygen atoms in total. The molecule has 454 valence electrons. The number of rotatable bonds is 57. The third kappa shape index (κ3) is 59.1. The van der Waals surface area contributed by atoms with E-state index in [9.17, 15) is 19.0 Å². The first-order valence-corrected chi connectivity index (χ1v) is 33.7. The van der Waals surface area contributed by atoms with Gasteiger partial charge in [0.05, 0.1) is 33.8 Å². The van der Waals surface area contributed by atoms with E-state index >= 15 is 0 Å². The molecule has 1 amide bonds. The number of hydrogen-bond acceptors (Lipinski definition) is 7. The van der Waals surface area contributed by atoms with Crippen molar-refractivity contribution >= 4 is 19.7 Å². The van der Waals surface area contributed by atoms with Crippen molar-refractivity contribution in [3.8, 4) is 0 Å². The van der Waals surface area contributed by atoms with Crippen molar-refractivity contribution in [2.45, 2.75) is 277 Å². The van der Waals surface area contributed by atoms with Crippen LogP contribution >= 0.6 is 7.82 Å². The molecule has 1 N–H and O–H groups in total. The minimum atomic E-state index is -4.72. The number of allylic oxidation sites excluding steroid dienone is 17. The zero-order valence-corrected chi connectivity index (χ0v) is 52.7. The summed E-state index contributed by atoms with van der Waals surface area (Å²) in [5, 5.41) is 3.01. The summed E-state index contributed by atoms with van der Waals surface area (Å²) in [5.41, 5.74) is 0. The van der Waals surface area contributed by atoms with Crippen LogP contribution in [0, 0.1) is 0 Å². The van der Waals surface area contributed by atoms with Gasteiger partial charge in [-0.1, -0.05) is 246 Å². The van der Waals surface area contributed by atoms with Gasteiger partial charge in [0.15, 0.2) is 0 Å². The second kappa shape index (κ2) is 57.9. The lowest BCUT2D eigenvalue weighted by molar-refractivity contribution is -0.870. The number of esters is 1. The Kier molecular flexibility index (Phi) is 55.4. The molecule has 0 aliphatic carbocycles. The molecule has 0 bridgehead atoms. The van der Waals surface area contributed by atoms with E-state index in [-0.39, 0.29) is 31.3 Å². The number of amides is 1. The van der Waals surface area contributed by atoms with E-state index < -0.39 is 26.6 Å². The first kappa shape index (κ1) is 75.7. The van der Waals surface area contributed by atoms with Crippen LogP contribution in [0.3, 0.4) is 0 Å². The first-order valence-electron chi connectivity index (χ1n) is 32.2. The van der Waals surface area contributed by atoms with Crippen molar-refractivity contribution in [2.75, 3.05) is 40.9 Å². The third-order valence-corrected chi connectivity index (χ3v) is 14.7. The second-order valence-electron chi connectivity index (χ2n) is 22.5. The predicted octanol–water partition coefficient (Wildman–Crippen LogP) is 19.5. The van der Waals surface area contributed by atoms with Crippen LogP contribution in [0.5, 0.6) is 0 Å². The van der Waals surface area contributed by atoms with E-state index in [1.165, 1.54) is 116 Å².